The zero-order chi connectivity index (χ0) is 26.2. The molecule has 3 heterocycles. The second-order valence-corrected chi connectivity index (χ2v) is 11.9. The van der Waals surface area contributed by atoms with E-state index in [9.17, 15) is 14.4 Å². The van der Waals surface area contributed by atoms with Crippen LogP contribution in [0, 0.1) is 5.92 Å². The number of amides is 3. The van der Waals surface area contributed by atoms with E-state index in [2.05, 4.69) is 27.8 Å². The van der Waals surface area contributed by atoms with E-state index in [1.54, 1.807) is 0 Å². The number of carbonyl (C=O) groups excluding carboxylic acids is 3. The monoisotopic (exact) mass is 508 g/mol. The summed E-state index contributed by atoms with van der Waals surface area (Å²) in [4.78, 5) is 44.8. The second kappa shape index (κ2) is 10.4. The first-order valence-electron chi connectivity index (χ1n) is 13.9. The molecular formula is C29H40N4O4. The number of nitrogens with one attached hydrogen (secondary N) is 3. The number of piperazine rings is 1. The van der Waals surface area contributed by atoms with Gasteiger partial charge in [0, 0.05) is 29.6 Å². The standard InChI is InChI=1S/C29H40N4O4/c1-29(2,3)37-28(36)30-16-10-9-15-22-27(35)33-23(26(34)32-22)17-20-19-13-7-8-14-21(19)31-24(20)25(33)18-11-5-4-6-12-18/h7-8,13-14,18,22-23,25,31H,4-6,9-12,15-17H2,1-3H3,(H,30,36)(H,32,34)/t22?,23-,25?/m0/s1. The molecule has 1 aliphatic carbocycles. The molecule has 8 heteroatoms. The molecule has 3 amide bonds. The predicted octanol–water partition coefficient (Wildman–Crippen LogP) is 4.74. The first kappa shape index (κ1) is 25.6. The number of fused-ring (bicyclic) bond motifs is 4. The van der Waals surface area contributed by atoms with Gasteiger partial charge in [0.25, 0.3) is 0 Å². The van der Waals surface area contributed by atoms with Crippen molar-refractivity contribution in [1.29, 1.82) is 0 Å². The van der Waals surface area contributed by atoms with Crippen LogP contribution in [0.4, 0.5) is 4.79 Å². The first-order chi connectivity index (χ1) is 17.7. The van der Waals surface area contributed by atoms with E-state index in [0.29, 0.717) is 31.7 Å². The maximum atomic E-state index is 13.9. The summed E-state index contributed by atoms with van der Waals surface area (Å²) >= 11 is 0. The number of hydrogen-bond donors (Lipinski definition) is 3. The van der Waals surface area contributed by atoms with Crippen molar-refractivity contribution < 1.29 is 19.1 Å². The van der Waals surface area contributed by atoms with Gasteiger partial charge < -0.3 is 25.3 Å². The topological polar surface area (TPSA) is 104 Å². The molecule has 3 atom stereocenters. The van der Waals surface area contributed by atoms with Crippen LogP contribution in [0.1, 0.15) is 89.4 Å². The minimum absolute atomic E-state index is 0.0320. The van der Waals surface area contributed by atoms with Crippen LogP contribution < -0.4 is 10.6 Å². The lowest BCUT2D eigenvalue weighted by Gasteiger charge is -2.49. The van der Waals surface area contributed by atoms with Crippen LogP contribution in [0.25, 0.3) is 10.9 Å². The molecule has 1 saturated carbocycles. The van der Waals surface area contributed by atoms with Gasteiger partial charge in [0.2, 0.25) is 11.8 Å². The number of aromatic amines is 1. The fraction of sp³-hybridized carbons (Fsp3) is 0.621. The Morgan fingerprint density at radius 1 is 1.11 bits per heavy atom. The van der Waals surface area contributed by atoms with Gasteiger partial charge in [-0.15, -0.1) is 0 Å². The van der Waals surface area contributed by atoms with Gasteiger partial charge in [-0.1, -0.05) is 37.5 Å². The maximum absolute atomic E-state index is 13.9. The van der Waals surface area contributed by atoms with E-state index in [1.807, 2.05) is 37.8 Å². The molecule has 2 aromatic rings. The molecule has 8 nitrogen and oxygen atoms in total. The van der Waals surface area contributed by atoms with Crippen LogP contribution in [0.2, 0.25) is 0 Å². The molecule has 2 aliphatic heterocycles. The van der Waals surface area contributed by atoms with Gasteiger partial charge in [0.05, 0.1) is 6.04 Å². The summed E-state index contributed by atoms with van der Waals surface area (Å²) in [6.45, 7) is 5.96. The molecule has 2 fully saturated rings. The number of alkyl carbamates (subject to hydrolysis) is 1. The van der Waals surface area contributed by atoms with Crippen LogP contribution >= 0.6 is 0 Å². The Morgan fingerprint density at radius 3 is 2.62 bits per heavy atom. The highest BCUT2D eigenvalue weighted by atomic mass is 16.6. The molecule has 1 saturated heterocycles. The molecule has 5 rings (SSSR count). The third-order valence-electron chi connectivity index (χ3n) is 8.03. The summed E-state index contributed by atoms with van der Waals surface area (Å²) in [6, 6.07) is 7.20. The zero-order valence-corrected chi connectivity index (χ0v) is 22.3. The molecule has 2 unspecified atom stereocenters. The lowest BCUT2D eigenvalue weighted by atomic mass is 9.76. The van der Waals surface area contributed by atoms with Crippen molar-refractivity contribution in [2.24, 2.45) is 5.92 Å². The van der Waals surface area contributed by atoms with Crippen LogP contribution in [0.5, 0.6) is 0 Å². The second-order valence-electron chi connectivity index (χ2n) is 11.9. The number of aromatic nitrogens is 1. The lowest BCUT2D eigenvalue weighted by Crippen LogP contribution is -2.66. The number of carbonyl (C=O) groups is 3. The Hall–Kier alpha value is -3.03. The van der Waals surface area contributed by atoms with Gasteiger partial charge in [-0.25, -0.2) is 4.79 Å². The Morgan fingerprint density at radius 2 is 1.86 bits per heavy atom. The van der Waals surface area contributed by atoms with E-state index in [0.717, 1.165) is 35.9 Å². The summed E-state index contributed by atoms with van der Waals surface area (Å²) in [5, 5.41) is 6.97. The molecule has 1 aromatic heterocycles. The number of para-hydroxylation sites is 1. The first-order valence-corrected chi connectivity index (χ1v) is 13.9. The normalized spacial score (nSPS) is 24.4. The largest absolute Gasteiger partial charge is 0.444 e. The van der Waals surface area contributed by atoms with Crippen molar-refractivity contribution in [3.63, 3.8) is 0 Å². The molecule has 37 heavy (non-hydrogen) atoms. The van der Waals surface area contributed by atoms with Crippen LogP contribution in [0.3, 0.4) is 0 Å². The molecular weight excluding hydrogens is 468 g/mol. The number of benzene rings is 1. The third kappa shape index (κ3) is 5.34. The highest BCUT2D eigenvalue weighted by molar-refractivity contribution is 5.99. The van der Waals surface area contributed by atoms with Crippen LogP contribution in [-0.4, -0.2) is 52.0 Å². The summed E-state index contributed by atoms with van der Waals surface area (Å²) < 4.78 is 5.27. The number of nitrogens with zero attached hydrogens (tertiary/aromatic N) is 1. The molecule has 0 bridgehead atoms. The van der Waals surface area contributed by atoms with Crippen molar-refractivity contribution in [2.75, 3.05) is 6.54 Å². The van der Waals surface area contributed by atoms with E-state index >= 15 is 0 Å². The summed E-state index contributed by atoms with van der Waals surface area (Å²) in [5.41, 5.74) is 2.87. The van der Waals surface area contributed by atoms with E-state index < -0.39 is 23.8 Å². The van der Waals surface area contributed by atoms with Crippen LogP contribution in [0.15, 0.2) is 24.3 Å². The Bertz CT molecular complexity index is 1160. The van der Waals surface area contributed by atoms with Crippen LogP contribution in [-0.2, 0) is 20.7 Å². The number of ether oxygens (including phenoxy) is 1. The minimum atomic E-state index is -0.534. The van der Waals surface area contributed by atoms with Crippen molar-refractivity contribution in [3.8, 4) is 0 Å². The van der Waals surface area contributed by atoms with Gasteiger partial charge >= 0.3 is 6.09 Å². The van der Waals surface area contributed by atoms with Gasteiger partial charge in [0.1, 0.15) is 17.7 Å². The third-order valence-corrected chi connectivity index (χ3v) is 8.03. The summed E-state index contributed by atoms with van der Waals surface area (Å²) in [7, 11) is 0. The average molecular weight is 509 g/mol. The molecule has 1 aromatic carbocycles. The zero-order valence-electron chi connectivity index (χ0n) is 22.3. The van der Waals surface area contributed by atoms with Crippen molar-refractivity contribution in [2.45, 2.75) is 102 Å². The molecule has 3 aliphatic rings. The average Bonchev–Trinajstić information content (AvgIpc) is 3.23. The fourth-order valence-electron chi connectivity index (χ4n) is 6.42. The van der Waals surface area contributed by atoms with Gasteiger partial charge in [0.15, 0.2) is 0 Å². The molecule has 200 valence electrons. The SMILES string of the molecule is CC(C)(C)OC(=O)NCCCCC1NC(=O)[C@@H]2Cc3c([nH]c4ccccc34)C(C3CCCCC3)N2C1=O. The summed E-state index contributed by atoms with van der Waals surface area (Å²) in [6.07, 6.45) is 7.84. The number of rotatable bonds is 6. The van der Waals surface area contributed by atoms with Crippen molar-refractivity contribution >= 4 is 28.8 Å². The lowest BCUT2D eigenvalue weighted by molar-refractivity contribution is -0.155. The Labute approximate surface area is 218 Å². The van der Waals surface area contributed by atoms with E-state index in [4.69, 9.17) is 4.74 Å². The Balaban J connectivity index is 1.31. The number of unbranched alkanes of at least 4 members (excludes halogenated alkanes) is 1. The molecule has 0 spiro atoms. The number of H-pyrrole nitrogens is 1. The van der Waals surface area contributed by atoms with Gasteiger partial charge in [-0.3, -0.25) is 9.59 Å². The van der Waals surface area contributed by atoms with E-state index in [1.165, 1.54) is 24.8 Å². The smallest absolute Gasteiger partial charge is 0.407 e. The number of hydrogen-bond acceptors (Lipinski definition) is 4. The fourth-order valence-corrected chi connectivity index (χ4v) is 6.42. The van der Waals surface area contributed by atoms with Crippen molar-refractivity contribution in [3.05, 3.63) is 35.5 Å². The maximum Gasteiger partial charge on any atom is 0.407 e. The highest BCUT2D eigenvalue weighted by Crippen LogP contribution is 2.46. The quantitative estimate of drug-likeness (QED) is 0.491. The summed E-state index contributed by atoms with van der Waals surface area (Å²) in [5.74, 6) is 0.342. The minimum Gasteiger partial charge on any atom is -0.444 e. The van der Waals surface area contributed by atoms with Gasteiger partial charge in [-0.2, -0.15) is 0 Å². The van der Waals surface area contributed by atoms with Crippen molar-refractivity contribution in [1.82, 2.24) is 20.5 Å². The highest BCUT2D eigenvalue weighted by Gasteiger charge is 2.50. The molecule has 0 radical (unpaired) electrons. The predicted molar refractivity (Wildman–Crippen MR) is 142 cm³/mol. The molecule has 3 N–H and O–H groups in total. The van der Waals surface area contributed by atoms with Gasteiger partial charge in [-0.05, 0) is 70.4 Å². The Kier molecular flexibility index (Phi) is 7.19. The van der Waals surface area contributed by atoms with E-state index in [-0.39, 0.29) is 17.9 Å².